The first kappa shape index (κ1) is 10.6. The highest BCUT2D eigenvalue weighted by Crippen LogP contribution is 2.45. The summed E-state index contributed by atoms with van der Waals surface area (Å²) in [5.74, 6) is 0.767. The van der Waals surface area contributed by atoms with Gasteiger partial charge in [0, 0.05) is 18.1 Å². The minimum atomic E-state index is 0.670. The van der Waals surface area contributed by atoms with Crippen molar-refractivity contribution in [2.75, 3.05) is 13.1 Å². The van der Waals surface area contributed by atoms with E-state index in [1.165, 1.54) is 44.3 Å². The Morgan fingerprint density at radius 1 is 1.06 bits per heavy atom. The van der Waals surface area contributed by atoms with E-state index in [1.54, 1.807) is 0 Å². The lowest BCUT2D eigenvalue weighted by Crippen LogP contribution is -2.54. The van der Waals surface area contributed by atoms with Gasteiger partial charge in [-0.15, -0.1) is 0 Å². The van der Waals surface area contributed by atoms with Crippen LogP contribution in [0.2, 0.25) is 5.02 Å². The van der Waals surface area contributed by atoms with Crippen molar-refractivity contribution >= 4 is 11.6 Å². The molecule has 0 radical (unpaired) electrons. The number of benzene rings is 1. The number of hydrogen-bond donors (Lipinski definition) is 1. The van der Waals surface area contributed by atoms with Crippen LogP contribution >= 0.6 is 11.6 Å². The van der Waals surface area contributed by atoms with Crippen LogP contribution in [0.5, 0.6) is 0 Å². The van der Waals surface area contributed by atoms with Gasteiger partial charge in [0.05, 0.1) is 0 Å². The molecule has 2 heteroatoms. The zero-order valence-corrected chi connectivity index (χ0v) is 10.3. The number of nitrogens with one attached hydrogen (secondary N) is 1. The van der Waals surface area contributed by atoms with Crippen LogP contribution in [0.15, 0.2) is 24.3 Å². The smallest absolute Gasteiger partial charge is 0.0406 e. The van der Waals surface area contributed by atoms with Crippen LogP contribution in [0.25, 0.3) is 0 Å². The summed E-state index contributed by atoms with van der Waals surface area (Å²) in [6.07, 6.45) is 5.49. The fourth-order valence-corrected chi connectivity index (χ4v) is 3.26. The maximum absolute atomic E-state index is 5.92. The average Bonchev–Trinajstić information content (AvgIpc) is 2.28. The van der Waals surface area contributed by atoms with E-state index in [1.807, 2.05) is 12.1 Å². The lowest BCUT2D eigenvalue weighted by Gasteiger charge is -2.47. The standard InChI is InChI=1S/C14H18ClN/c15-13-3-1-11(2-4-13)12-5-7-14(8-6-12)9-16-10-14/h1-4,12,16H,5-10H2. The first-order chi connectivity index (χ1) is 7.77. The van der Waals surface area contributed by atoms with Crippen molar-refractivity contribution in [1.29, 1.82) is 0 Å². The van der Waals surface area contributed by atoms with Gasteiger partial charge in [0.25, 0.3) is 0 Å². The van der Waals surface area contributed by atoms with Crippen molar-refractivity contribution in [1.82, 2.24) is 5.32 Å². The molecule has 16 heavy (non-hydrogen) atoms. The number of hydrogen-bond acceptors (Lipinski definition) is 1. The Hall–Kier alpha value is -0.530. The fraction of sp³-hybridized carbons (Fsp3) is 0.571. The summed E-state index contributed by atoms with van der Waals surface area (Å²) in [5.41, 5.74) is 2.15. The van der Waals surface area contributed by atoms with Crippen LogP contribution < -0.4 is 5.32 Å². The number of rotatable bonds is 1. The molecule has 1 nitrogen and oxygen atoms in total. The second kappa shape index (κ2) is 4.05. The summed E-state index contributed by atoms with van der Waals surface area (Å²) in [6.45, 7) is 2.50. The zero-order chi connectivity index (χ0) is 11.0. The third-order valence-corrected chi connectivity index (χ3v) is 4.64. The van der Waals surface area contributed by atoms with Crippen molar-refractivity contribution in [3.05, 3.63) is 34.9 Å². The maximum Gasteiger partial charge on any atom is 0.0406 e. The largest absolute Gasteiger partial charge is 0.316 e. The van der Waals surface area contributed by atoms with Gasteiger partial charge in [-0.25, -0.2) is 0 Å². The van der Waals surface area contributed by atoms with Crippen LogP contribution in [0.1, 0.15) is 37.2 Å². The van der Waals surface area contributed by atoms with Gasteiger partial charge in [0.1, 0.15) is 0 Å². The second-order valence-corrected chi connectivity index (χ2v) is 5.87. The average molecular weight is 236 g/mol. The quantitative estimate of drug-likeness (QED) is 0.785. The Morgan fingerprint density at radius 2 is 1.69 bits per heavy atom. The molecule has 1 aromatic carbocycles. The SMILES string of the molecule is Clc1ccc(C2CCC3(CC2)CNC3)cc1. The minimum Gasteiger partial charge on any atom is -0.316 e. The van der Waals surface area contributed by atoms with E-state index in [0.29, 0.717) is 5.41 Å². The molecule has 1 saturated carbocycles. The van der Waals surface area contributed by atoms with Crippen LogP contribution in [0.4, 0.5) is 0 Å². The van der Waals surface area contributed by atoms with E-state index in [2.05, 4.69) is 17.4 Å². The molecule has 1 spiro atoms. The van der Waals surface area contributed by atoms with Gasteiger partial charge in [-0.2, -0.15) is 0 Å². The molecule has 1 N–H and O–H groups in total. The van der Waals surface area contributed by atoms with Crippen LogP contribution in [0.3, 0.4) is 0 Å². The molecule has 2 fully saturated rings. The fourth-order valence-electron chi connectivity index (χ4n) is 3.13. The van der Waals surface area contributed by atoms with Gasteiger partial charge >= 0.3 is 0 Å². The molecule has 0 bridgehead atoms. The van der Waals surface area contributed by atoms with Crippen LogP contribution in [-0.4, -0.2) is 13.1 Å². The van der Waals surface area contributed by atoms with Gasteiger partial charge in [-0.1, -0.05) is 23.7 Å². The highest BCUT2D eigenvalue weighted by molar-refractivity contribution is 6.30. The summed E-state index contributed by atoms with van der Waals surface area (Å²) in [6, 6.07) is 8.44. The first-order valence-corrected chi connectivity index (χ1v) is 6.61. The maximum atomic E-state index is 5.92. The van der Waals surface area contributed by atoms with Crippen molar-refractivity contribution in [2.24, 2.45) is 5.41 Å². The van der Waals surface area contributed by atoms with E-state index >= 15 is 0 Å². The topological polar surface area (TPSA) is 12.0 Å². The Labute approximate surface area is 102 Å². The van der Waals surface area contributed by atoms with Crippen molar-refractivity contribution in [2.45, 2.75) is 31.6 Å². The molecule has 1 aliphatic carbocycles. The van der Waals surface area contributed by atoms with Gasteiger partial charge in [-0.05, 0) is 54.7 Å². The molecule has 1 aliphatic heterocycles. The Bertz CT molecular complexity index is 357. The molecule has 3 rings (SSSR count). The molecular formula is C14H18ClN. The Kier molecular flexibility index (Phi) is 2.68. The Morgan fingerprint density at radius 3 is 2.19 bits per heavy atom. The van der Waals surface area contributed by atoms with Crippen molar-refractivity contribution in [3.63, 3.8) is 0 Å². The predicted molar refractivity (Wildman–Crippen MR) is 68.0 cm³/mol. The predicted octanol–water partition coefficient (Wildman–Crippen LogP) is 3.59. The van der Waals surface area contributed by atoms with E-state index in [0.717, 1.165) is 10.9 Å². The summed E-state index contributed by atoms with van der Waals surface area (Å²) >= 11 is 5.92. The molecular weight excluding hydrogens is 218 g/mol. The van der Waals surface area contributed by atoms with Crippen LogP contribution in [-0.2, 0) is 0 Å². The Balaban J connectivity index is 1.67. The van der Waals surface area contributed by atoms with Crippen molar-refractivity contribution in [3.8, 4) is 0 Å². The zero-order valence-electron chi connectivity index (χ0n) is 9.51. The van der Waals surface area contributed by atoms with Crippen LogP contribution in [0, 0.1) is 5.41 Å². The summed E-state index contributed by atoms with van der Waals surface area (Å²) in [4.78, 5) is 0. The monoisotopic (exact) mass is 235 g/mol. The summed E-state index contributed by atoms with van der Waals surface area (Å²) in [7, 11) is 0. The number of halogens is 1. The van der Waals surface area contributed by atoms with E-state index in [9.17, 15) is 0 Å². The lowest BCUT2D eigenvalue weighted by molar-refractivity contribution is 0.0975. The molecule has 1 heterocycles. The third-order valence-electron chi connectivity index (χ3n) is 4.39. The molecule has 0 aromatic heterocycles. The van der Waals surface area contributed by atoms with Gasteiger partial charge < -0.3 is 5.32 Å². The highest BCUT2D eigenvalue weighted by atomic mass is 35.5. The second-order valence-electron chi connectivity index (χ2n) is 5.43. The summed E-state index contributed by atoms with van der Waals surface area (Å²) in [5, 5.41) is 4.26. The van der Waals surface area contributed by atoms with E-state index in [-0.39, 0.29) is 0 Å². The van der Waals surface area contributed by atoms with E-state index in [4.69, 9.17) is 11.6 Å². The molecule has 2 aliphatic rings. The minimum absolute atomic E-state index is 0.670. The molecule has 0 atom stereocenters. The van der Waals surface area contributed by atoms with E-state index < -0.39 is 0 Å². The molecule has 1 aromatic rings. The lowest BCUT2D eigenvalue weighted by atomic mass is 9.66. The van der Waals surface area contributed by atoms with Gasteiger partial charge in [0.2, 0.25) is 0 Å². The first-order valence-electron chi connectivity index (χ1n) is 6.24. The summed E-state index contributed by atoms with van der Waals surface area (Å²) < 4.78 is 0. The molecule has 86 valence electrons. The van der Waals surface area contributed by atoms with Gasteiger partial charge in [0.15, 0.2) is 0 Å². The highest BCUT2D eigenvalue weighted by Gasteiger charge is 2.40. The third kappa shape index (κ3) is 1.87. The molecule has 0 amide bonds. The van der Waals surface area contributed by atoms with Crippen molar-refractivity contribution < 1.29 is 0 Å². The van der Waals surface area contributed by atoms with Gasteiger partial charge in [-0.3, -0.25) is 0 Å². The normalized spacial score (nSPS) is 24.3. The molecule has 1 saturated heterocycles. The molecule has 0 unspecified atom stereocenters.